The fraction of sp³-hybridized carbons (Fsp3) is 0.710. The number of carbonyl (C=O) groups excluding carboxylic acids is 3. The SMILES string of the molecule is COCCCOc1cc(C[C@@H](C[C@H](N)[C@@H](O)C[C@@H](C(=O)NCC2CC(=O)NC(=O)C2)C(C)C)C(C)C)ccc1OC. The van der Waals surface area contributed by atoms with Crippen LogP contribution in [-0.4, -0.2) is 69.0 Å². The normalized spacial score (nSPS) is 17.2. The molecule has 0 unspecified atom stereocenters. The van der Waals surface area contributed by atoms with Crippen LogP contribution >= 0.6 is 0 Å². The van der Waals surface area contributed by atoms with Gasteiger partial charge in [-0.3, -0.25) is 19.7 Å². The Labute approximate surface area is 245 Å². The highest BCUT2D eigenvalue weighted by Crippen LogP contribution is 2.32. The van der Waals surface area contributed by atoms with Gasteiger partial charge in [-0.2, -0.15) is 0 Å². The summed E-state index contributed by atoms with van der Waals surface area (Å²) in [5.74, 6) is 0.383. The largest absolute Gasteiger partial charge is 0.493 e. The number of nitrogens with one attached hydrogen (secondary N) is 2. The Kier molecular flexibility index (Phi) is 14.6. The van der Waals surface area contributed by atoms with Crippen LogP contribution < -0.4 is 25.8 Å². The number of carbonyl (C=O) groups is 3. The van der Waals surface area contributed by atoms with Crippen molar-refractivity contribution in [1.29, 1.82) is 0 Å². The minimum Gasteiger partial charge on any atom is -0.493 e. The summed E-state index contributed by atoms with van der Waals surface area (Å²) in [5, 5.41) is 16.2. The molecule has 5 N–H and O–H groups in total. The molecule has 1 aliphatic heterocycles. The van der Waals surface area contributed by atoms with Gasteiger partial charge in [-0.1, -0.05) is 33.8 Å². The van der Waals surface area contributed by atoms with Gasteiger partial charge in [-0.05, 0) is 60.6 Å². The van der Waals surface area contributed by atoms with E-state index in [1.807, 2.05) is 32.0 Å². The molecule has 10 heteroatoms. The van der Waals surface area contributed by atoms with Crippen LogP contribution in [0, 0.1) is 29.6 Å². The number of aliphatic hydroxyl groups excluding tert-OH is 1. The van der Waals surface area contributed by atoms with Crippen LogP contribution in [0.4, 0.5) is 0 Å². The predicted molar refractivity (Wildman–Crippen MR) is 157 cm³/mol. The lowest BCUT2D eigenvalue weighted by molar-refractivity contribution is -0.136. The van der Waals surface area contributed by atoms with Crippen LogP contribution in [0.3, 0.4) is 0 Å². The number of aliphatic hydroxyl groups is 1. The van der Waals surface area contributed by atoms with Gasteiger partial charge in [0.25, 0.3) is 0 Å². The Morgan fingerprint density at radius 2 is 1.73 bits per heavy atom. The number of amides is 3. The van der Waals surface area contributed by atoms with E-state index in [2.05, 4.69) is 24.5 Å². The molecule has 1 saturated heterocycles. The molecular formula is C31H51N3O7. The number of methoxy groups -OCH3 is 2. The quantitative estimate of drug-likeness (QED) is 0.154. The number of rotatable bonds is 18. The molecule has 0 saturated carbocycles. The van der Waals surface area contributed by atoms with Crippen molar-refractivity contribution in [3.63, 3.8) is 0 Å². The summed E-state index contributed by atoms with van der Waals surface area (Å²) in [7, 11) is 3.28. The predicted octanol–water partition coefficient (Wildman–Crippen LogP) is 2.83. The molecule has 4 atom stereocenters. The minimum absolute atomic E-state index is 0.0179. The van der Waals surface area contributed by atoms with E-state index in [0.717, 1.165) is 18.4 Å². The second-order valence-electron chi connectivity index (χ2n) is 11.9. The fourth-order valence-electron chi connectivity index (χ4n) is 5.24. The first-order valence-electron chi connectivity index (χ1n) is 14.8. The Bertz CT molecular complexity index is 968. The first-order valence-corrected chi connectivity index (χ1v) is 14.8. The fourth-order valence-corrected chi connectivity index (χ4v) is 5.24. The van der Waals surface area contributed by atoms with Gasteiger partial charge in [0.05, 0.1) is 19.8 Å². The van der Waals surface area contributed by atoms with E-state index in [0.29, 0.717) is 37.1 Å². The van der Waals surface area contributed by atoms with Gasteiger partial charge in [0.1, 0.15) is 0 Å². The van der Waals surface area contributed by atoms with Crippen LogP contribution in [0.5, 0.6) is 11.5 Å². The van der Waals surface area contributed by atoms with Crippen LogP contribution in [0.15, 0.2) is 18.2 Å². The third-order valence-electron chi connectivity index (χ3n) is 7.92. The lowest BCUT2D eigenvalue weighted by Crippen LogP contribution is -2.45. The zero-order chi connectivity index (χ0) is 30.5. The molecule has 1 fully saturated rings. The monoisotopic (exact) mass is 577 g/mol. The molecule has 3 amide bonds. The number of hydrogen-bond donors (Lipinski definition) is 4. The van der Waals surface area contributed by atoms with Gasteiger partial charge in [-0.25, -0.2) is 0 Å². The smallest absolute Gasteiger partial charge is 0.226 e. The summed E-state index contributed by atoms with van der Waals surface area (Å²) in [6.45, 7) is 9.57. The Hall–Kier alpha value is -2.69. The molecule has 0 radical (unpaired) electrons. The second-order valence-corrected chi connectivity index (χ2v) is 11.9. The van der Waals surface area contributed by atoms with Crippen molar-refractivity contribution in [3.05, 3.63) is 23.8 Å². The van der Waals surface area contributed by atoms with Crippen molar-refractivity contribution in [3.8, 4) is 11.5 Å². The van der Waals surface area contributed by atoms with Crippen molar-refractivity contribution >= 4 is 17.7 Å². The van der Waals surface area contributed by atoms with Gasteiger partial charge in [-0.15, -0.1) is 0 Å². The number of benzene rings is 1. The van der Waals surface area contributed by atoms with Gasteiger partial charge in [0, 0.05) is 51.5 Å². The lowest BCUT2D eigenvalue weighted by atomic mass is 9.80. The van der Waals surface area contributed by atoms with E-state index in [9.17, 15) is 19.5 Å². The topological polar surface area (TPSA) is 149 Å². The highest BCUT2D eigenvalue weighted by Gasteiger charge is 2.31. The molecule has 0 bridgehead atoms. The van der Waals surface area contributed by atoms with E-state index >= 15 is 0 Å². The summed E-state index contributed by atoms with van der Waals surface area (Å²) in [6, 6.07) is 5.44. The van der Waals surface area contributed by atoms with Crippen LogP contribution in [-0.2, 0) is 25.5 Å². The maximum absolute atomic E-state index is 13.0. The van der Waals surface area contributed by atoms with Crippen LogP contribution in [0.1, 0.15) is 65.4 Å². The van der Waals surface area contributed by atoms with Crippen molar-refractivity contribution in [2.45, 2.75) is 78.4 Å². The Balaban J connectivity index is 1.98. The zero-order valence-corrected chi connectivity index (χ0v) is 25.6. The first kappa shape index (κ1) is 34.5. The molecule has 1 heterocycles. The summed E-state index contributed by atoms with van der Waals surface area (Å²) >= 11 is 0. The van der Waals surface area contributed by atoms with E-state index in [-0.39, 0.29) is 61.3 Å². The first-order chi connectivity index (χ1) is 19.4. The molecule has 41 heavy (non-hydrogen) atoms. The average Bonchev–Trinajstić information content (AvgIpc) is 2.91. The molecule has 1 aromatic carbocycles. The van der Waals surface area contributed by atoms with E-state index in [1.165, 1.54) is 0 Å². The molecule has 1 aliphatic rings. The highest BCUT2D eigenvalue weighted by molar-refractivity contribution is 5.97. The summed E-state index contributed by atoms with van der Waals surface area (Å²) < 4.78 is 16.5. The third-order valence-corrected chi connectivity index (χ3v) is 7.92. The maximum atomic E-state index is 13.0. The molecule has 0 spiro atoms. The molecular weight excluding hydrogens is 526 g/mol. The third kappa shape index (κ3) is 11.6. The van der Waals surface area contributed by atoms with Gasteiger partial charge in [0.15, 0.2) is 11.5 Å². The summed E-state index contributed by atoms with van der Waals surface area (Å²) in [6.07, 6.45) is 1.93. The number of imide groups is 1. The summed E-state index contributed by atoms with van der Waals surface area (Å²) in [4.78, 5) is 36.3. The standard InChI is InChI=1S/C31H51N3O7/c1-19(2)23(12-21-8-9-27(40-6)28(13-21)41-11-7-10-39-5)16-25(32)26(35)17-24(20(3)4)31(38)33-18-22-14-29(36)34-30(37)15-22/h8-9,13,19-20,22-26,35H,7,10-12,14-18,32H2,1-6H3,(H,33,38)(H,34,36,37)/t23-,24+,25-,26-/m0/s1. The average molecular weight is 578 g/mol. The molecule has 1 aromatic rings. The van der Waals surface area contributed by atoms with Crippen LogP contribution in [0.25, 0.3) is 0 Å². The molecule has 0 aromatic heterocycles. The van der Waals surface area contributed by atoms with Crippen LogP contribution in [0.2, 0.25) is 0 Å². The van der Waals surface area contributed by atoms with E-state index < -0.39 is 18.1 Å². The van der Waals surface area contributed by atoms with Gasteiger partial charge >= 0.3 is 0 Å². The second kappa shape index (κ2) is 17.3. The molecule has 10 nitrogen and oxygen atoms in total. The Morgan fingerprint density at radius 3 is 2.32 bits per heavy atom. The highest BCUT2D eigenvalue weighted by atomic mass is 16.5. The molecule has 2 rings (SSSR count). The number of hydrogen-bond acceptors (Lipinski definition) is 8. The minimum atomic E-state index is -0.855. The number of nitrogens with two attached hydrogens (primary N) is 1. The van der Waals surface area contributed by atoms with Crippen molar-refractivity contribution in [2.75, 3.05) is 34.0 Å². The summed E-state index contributed by atoms with van der Waals surface area (Å²) in [5.41, 5.74) is 7.63. The Morgan fingerprint density at radius 1 is 1.05 bits per heavy atom. The zero-order valence-electron chi connectivity index (χ0n) is 25.6. The van der Waals surface area contributed by atoms with Crippen molar-refractivity contribution in [2.24, 2.45) is 35.3 Å². The van der Waals surface area contributed by atoms with Gasteiger partial charge in [0.2, 0.25) is 17.7 Å². The number of piperidine rings is 1. The van der Waals surface area contributed by atoms with Crippen molar-refractivity contribution < 1.29 is 33.7 Å². The molecule has 232 valence electrons. The number of ether oxygens (including phenoxy) is 3. The van der Waals surface area contributed by atoms with E-state index in [4.69, 9.17) is 19.9 Å². The lowest BCUT2D eigenvalue weighted by Gasteiger charge is -2.30. The molecule has 0 aliphatic carbocycles. The van der Waals surface area contributed by atoms with Gasteiger partial charge < -0.3 is 30.4 Å². The van der Waals surface area contributed by atoms with E-state index in [1.54, 1.807) is 14.2 Å². The maximum Gasteiger partial charge on any atom is 0.226 e. The van der Waals surface area contributed by atoms with Crippen molar-refractivity contribution in [1.82, 2.24) is 10.6 Å².